The van der Waals surface area contributed by atoms with Gasteiger partial charge in [0.2, 0.25) is 0 Å². The summed E-state index contributed by atoms with van der Waals surface area (Å²) in [7, 11) is 2.54. The van der Waals surface area contributed by atoms with Crippen LogP contribution in [0.15, 0.2) is 0 Å². The molecule has 2 atom stereocenters. The summed E-state index contributed by atoms with van der Waals surface area (Å²) in [6.45, 7) is 22.2. The molecule has 0 aromatic rings. The highest BCUT2D eigenvalue weighted by Gasteiger charge is 2.56. The maximum atomic E-state index is 2.54. The van der Waals surface area contributed by atoms with Gasteiger partial charge >= 0.3 is 0 Å². The quantitative estimate of drug-likeness (QED) is 0.401. The van der Waals surface area contributed by atoms with Gasteiger partial charge in [-0.15, -0.1) is 0 Å². The molecule has 1 nitrogen and oxygen atoms in total. The Bertz CT molecular complexity index is 347. The Kier molecular flexibility index (Phi) is 7.21. The number of hydrogen-bond donors (Lipinski definition) is 0. The van der Waals surface area contributed by atoms with Crippen LogP contribution in [0.25, 0.3) is 0 Å². The van der Waals surface area contributed by atoms with E-state index in [0.717, 1.165) is 17.9 Å². The zero-order valence-corrected chi connectivity index (χ0v) is 17.8. The molecular weight excluding hydrogens is 278 g/mol. The Hall–Kier alpha value is -0.0400. The molecule has 0 heterocycles. The molecule has 0 amide bonds. The van der Waals surface area contributed by atoms with Crippen molar-refractivity contribution in [1.29, 1.82) is 0 Å². The van der Waals surface area contributed by atoms with Gasteiger partial charge in [-0.25, -0.2) is 0 Å². The molecule has 1 aliphatic carbocycles. The maximum absolute atomic E-state index is 2.54. The van der Waals surface area contributed by atoms with Crippen LogP contribution in [0, 0.1) is 22.7 Å². The molecule has 0 bridgehead atoms. The van der Waals surface area contributed by atoms with Crippen molar-refractivity contribution in [2.45, 2.75) is 100.0 Å². The van der Waals surface area contributed by atoms with Gasteiger partial charge in [0.05, 0.1) is 26.2 Å². The Labute approximate surface area is 147 Å². The molecule has 0 aromatic heterocycles. The number of rotatable bonds is 10. The summed E-state index contributed by atoms with van der Waals surface area (Å²) in [5, 5.41) is 0. The molecule has 1 fully saturated rings. The second-order valence-corrected chi connectivity index (χ2v) is 10.6. The lowest BCUT2D eigenvalue weighted by molar-refractivity contribution is -0.946. The van der Waals surface area contributed by atoms with Crippen LogP contribution in [0.1, 0.15) is 93.9 Å². The molecule has 1 aliphatic rings. The van der Waals surface area contributed by atoms with E-state index < -0.39 is 0 Å². The second-order valence-electron chi connectivity index (χ2n) is 10.6. The average Bonchev–Trinajstić information content (AvgIpc) is 2.41. The van der Waals surface area contributed by atoms with E-state index in [-0.39, 0.29) is 0 Å². The lowest BCUT2D eigenvalue weighted by Gasteiger charge is -2.60. The first kappa shape index (κ1) is 21.0. The summed E-state index contributed by atoms with van der Waals surface area (Å²) in [6.07, 6.45) is 8.23. The van der Waals surface area contributed by atoms with Gasteiger partial charge in [-0.3, -0.25) is 0 Å². The van der Waals surface area contributed by atoms with Gasteiger partial charge in [0.1, 0.15) is 0 Å². The first-order chi connectivity index (χ1) is 10.5. The predicted octanol–water partition coefficient (Wildman–Crippen LogP) is 6.52. The van der Waals surface area contributed by atoms with Crippen LogP contribution in [0.2, 0.25) is 0 Å². The van der Waals surface area contributed by atoms with Gasteiger partial charge in [-0.2, -0.15) is 0 Å². The lowest BCUT2D eigenvalue weighted by atomic mass is 9.53. The Balaban J connectivity index is 2.83. The smallest absolute Gasteiger partial charge is 0.0927 e. The van der Waals surface area contributed by atoms with Gasteiger partial charge in [-0.05, 0) is 42.4 Å². The molecule has 23 heavy (non-hydrogen) atoms. The fraction of sp³-hybridized carbons (Fsp3) is 1.00. The van der Waals surface area contributed by atoms with E-state index in [1.54, 1.807) is 0 Å². The van der Waals surface area contributed by atoms with Crippen LogP contribution in [-0.2, 0) is 0 Å². The second kappa shape index (κ2) is 7.89. The summed E-state index contributed by atoms with van der Waals surface area (Å²) >= 11 is 0. The van der Waals surface area contributed by atoms with Crippen LogP contribution in [-0.4, -0.2) is 30.7 Å². The van der Waals surface area contributed by atoms with E-state index >= 15 is 0 Å². The fourth-order valence-corrected chi connectivity index (χ4v) is 5.10. The molecule has 0 N–H and O–H groups in total. The minimum Gasteiger partial charge on any atom is -0.323 e. The van der Waals surface area contributed by atoms with Crippen LogP contribution in [0.3, 0.4) is 0 Å². The minimum absolute atomic E-state index is 0.494. The molecule has 2 unspecified atom stereocenters. The van der Waals surface area contributed by atoms with Gasteiger partial charge in [0, 0.05) is 12.3 Å². The standard InChI is InChI=1S/C22H46N/c1-10-14-23(9,15-11-2)20-17-22(7,8)19(20)16-21(5,6)13-12-18(3)4/h18-20H,10-17H2,1-9H3/q+1. The van der Waals surface area contributed by atoms with E-state index in [1.807, 2.05) is 0 Å². The first-order valence-electron chi connectivity index (χ1n) is 10.3. The summed E-state index contributed by atoms with van der Waals surface area (Å²) in [6, 6.07) is 0.892. The molecule has 1 rings (SSSR count). The zero-order chi connectivity index (χ0) is 17.9. The molecule has 0 radical (unpaired) electrons. The average molecular weight is 325 g/mol. The van der Waals surface area contributed by atoms with Crippen molar-refractivity contribution < 1.29 is 4.48 Å². The normalized spacial score (nSPS) is 24.8. The van der Waals surface area contributed by atoms with Gasteiger partial charge in [0.25, 0.3) is 0 Å². The molecule has 0 aliphatic heterocycles. The molecule has 138 valence electrons. The van der Waals surface area contributed by atoms with E-state index in [2.05, 4.69) is 62.4 Å². The molecule has 1 saturated carbocycles. The first-order valence-corrected chi connectivity index (χ1v) is 10.3. The van der Waals surface area contributed by atoms with E-state index in [1.165, 1.54) is 56.1 Å². The SMILES string of the molecule is CCC[N+](C)(CCC)C1CC(C)(C)C1CC(C)(C)CCC(C)C. The Morgan fingerprint density at radius 2 is 1.61 bits per heavy atom. The maximum Gasteiger partial charge on any atom is 0.0927 e. The highest BCUT2D eigenvalue weighted by molar-refractivity contribution is 4.99. The van der Waals surface area contributed by atoms with Crippen LogP contribution >= 0.6 is 0 Å². The van der Waals surface area contributed by atoms with Gasteiger partial charge in [-0.1, -0.05) is 61.8 Å². The fourth-order valence-electron chi connectivity index (χ4n) is 5.10. The third-order valence-electron chi connectivity index (χ3n) is 6.64. The Morgan fingerprint density at radius 1 is 1.09 bits per heavy atom. The zero-order valence-electron chi connectivity index (χ0n) is 17.8. The van der Waals surface area contributed by atoms with Crippen LogP contribution < -0.4 is 0 Å². The largest absolute Gasteiger partial charge is 0.323 e. The number of quaternary nitrogens is 1. The molecule has 0 spiro atoms. The Morgan fingerprint density at radius 3 is 2.00 bits per heavy atom. The van der Waals surface area contributed by atoms with Crippen molar-refractivity contribution in [2.24, 2.45) is 22.7 Å². The van der Waals surface area contributed by atoms with Gasteiger partial charge < -0.3 is 4.48 Å². The van der Waals surface area contributed by atoms with E-state index in [9.17, 15) is 0 Å². The summed E-state index contributed by atoms with van der Waals surface area (Å²) in [4.78, 5) is 0. The van der Waals surface area contributed by atoms with Crippen LogP contribution in [0.4, 0.5) is 0 Å². The lowest BCUT2D eigenvalue weighted by Crippen LogP contribution is -2.66. The molecular formula is C22H46N+. The third kappa shape index (κ3) is 5.48. The highest BCUT2D eigenvalue weighted by atomic mass is 15.4. The van der Waals surface area contributed by atoms with E-state index in [0.29, 0.717) is 10.8 Å². The molecule has 0 saturated heterocycles. The summed E-state index contributed by atoms with van der Waals surface area (Å²) < 4.78 is 1.32. The third-order valence-corrected chi connectivity index (χ3v) is 6.64. The van der Waals surface area contributed by atoms with Crippen molar-refractivity contribution in [3.63, 3.8) is 0 Å². The minimum atomic E-state index is 0.494. The molecule has 0 aromatic carbocycles. The van der Waals surface area contributed by atoms with Crippen LogP contribution in [0.5, 0.6) is 0 Å². The van der Waals surface area contributed by atoms with Crippen molar-refractivity contribution in [1.82, 2.24) is 0 Å². The highest BCUT2D eigenvalue weighted by Crippen LogP contribution is 2.55. The monoisotopic (exact) mass is 324 g/mol. The van der Waals surface area contributed by atoms with Crippen molar-refractivity contribution in [3.05, 3.63) is 0 Å². The number of nitrogens with zero attached hydrogens (tertiary/aromatic N) is 1. The van der Waals surface area contributed by atoms with Crippen molar-refractivity contribution in [2.75, 3.05) is 20.1 Å². The summed E-state index contributed by atoms with van der Waals surface area (Å²) in [5.74, 6) is 1.73. The van der Waals surface area contributed by atoms with Crippen molar-refractivity contribution >= 4 is 0 Å². The predicted molar refractivity (Wildman–Crippen MR) is 105 cm³/mol. The van der Waals surface area contributed by atoms with E-state index in [4.69, 9.17) is 0 Å². The topological polar surface area (TPSA) is 0 Å². The molecule has 1 heteroatoms. The van der Waals surface area contributed by atoms with Gasteiger partial charge in [0.15, 0.2) is 0 Å². The summed E-state index contributed by atoms with van der Waals surface area (Å²) in [5.41, 5.74) is 1.04. The van der Waals surface area contributed by atoms with Crippen molar-refractivity contribution in [3.8, 4) is 0 Å². The number of hydrogen-bond acceptors (Lipinski definition) is 0.